The molecular weight excluding hydrogens is 256 g/mol. The molecule has 0 radical (unpaired) electrons. The van der Waals surface area contributed by atoms with Crippen molar-refractivity contribution in [3.63, 3.8) is 0 Å². The van der Waals surface area contributed by atoms with Gasteiger partial charge in [-0.05, 0) is 41.9 Å². The fourth-order valence-electron chi connectivity index (χ4n) is 1.76. The normalized spacial score (nSPS) is 21.8. The molecule has 0 N–H and O–H groups in total. The van der Waals surface area contributed by atoms with Crippen molar-refractivity contribution in [2.45, 2.75) is 19.9 Å². The highest BCUT2D eigenvalue weighted by Crippen LogP contribution is 2.21. The average molecular weight is 271 g/mol. The Labute approximate surface area is 98.6 Å². The first-order chi connectivity index (χ1) is 7.18. The van der Waals surface area contributed by atoms with E-state index in [-0.39, 0.29) is 0 Å². The number of aromatic nitrogens is 1. The van der Waals surface area contributed by atoms with Crippen molar-refractivity contribution in [2.75, 3.05) is 24.7 Å². The fourth-order valence-corrected chi connectivity index (χ4v) is 1.98. The van der Waals surface area contributed by atoms with Gasteiger partial charge in [-0.2, -0.15) is 0 Å². The Morgan fingerprint density at radius 2 is 2.33 bits per heavy atom. The summed E-state index contributed by atoms with van der Waals surface area (Å²) in [5, 5.41) is 0. The highest BCUT2D eigenvalue weighted by Gasteiger charge is 2.20. The maximum Gasteiger partial charge on any atom is 0.129 e. The molecule has 2 rings (SSSR count). The molecule has 1 unspecified atom stereocenters. The molecule has 0 spiro atoms. The molecule has 0 saturated carbocycles. The van der Waals surface area contributed by atoms with Crippen molar-refractivity contribution in [1.82, 2.24) is 4.98 Å². The summed E-state index contributed by atoms with van der Waals surface area (Å²) in [6.45, 7) is 6.68. The van der Waals surface area contributed by atoms with E-state index < -0.39 is 0 Å². The summed E-state index contributed by atoms with van der Waals surface area (Å²) in [7, 11) is 0. The second-order valence-corrected chi connectivity index (χ2v) is 4.71. The first kappa shape index (κ1) is 10.9. The summed E-state index contributed by atoms with van der Waals surface area (Å²) >= 11 is 3.46. The number of morpholine rings is 1. The standard InChI is InChI=1S/C11H15BrN2O/c1-8-7-15-6-5-14(8)11-4-3-10(12)9(2)13-11/h3-4,8H,5-7H2,1-2H3. The van der Waals surface area contributed by atoms with Gasteiger partial charge in [0.15, 0.2) is 0 Å². The van der Waals surface area contributed by atoms with Gasteiger partial charge in [0.05, 0.1) is 24.9 Å². The molecule has 0 aliphatic carbocycles. The number of aryl methyl sites for hydroxylation is 1. The van der Waals surface area contributed by atoms with Crippen LogP contribution < -0.4 is 4.90 Å². The Hall–Kier alpha value is -0.610. The Bertz CT molecular complexity index is 356. The summed E-state index contributed by atoms with van der Waals surface area (Å²) in [6.07, 6.45) is 0. The van der Waals surface area contributed by atoms with Crippen LogP contribution >= 0.6 is 15.9 Å². The molecular formula is C11H15BrN2O. The van der Waals surface area contributed by atoms with Crippen LogP contribution in [0, 0.1) is 6.92 Å². The molecule has 4 heteroatoms. The predicted octanol–water partition coefficient (Wildman–Crippen LogP) is 2.38. The topological polar surface area (TPSA) is 25.4 Å². The van der Waals surface area contributed by atoms with Crippen LogP contribution in [-0.4, -0.2) is 30.8 Å². The molecule has 1 fully saturated rings. The van der Waals surface area contributed by atoms with E-state index in [1.165, 1.54) is 0 Å². The van der Waals surface area contributed by atoms with E-state index in [1.807, 2.05) is 6.92 Å². The van der Waals surface area contributed by atoms with E-state index in [1.54, 1.807) is 0 Å². The Morgan fingerprint density at radius 1 is 1.53 bits per heavy atom. The Balaban J connectivity index is 2.24. The van der Waals surface area contributed by atoms with Crippen molar-refractivity contribution in [3.05, 3.63) is 22.3 Å². The smallest absolute Gasteiger partial charge is 0.129 e. The van der Waals surface area contributed by atoms with E-state index in [0.717, 1.165) is 35.7 Å². The molecule has 1 aliphatic rings. The highest BCUT2D eigenvalue weighted by atomic mass is 79.9. The third-order valence-electron chi connectivity index (χ3n) is 2.67. The van der Waals surface area contributed by atoms with Gasteiger partial charge >= 0.3 is 0 Å². The van der Waals surface area contributed by atoms with Crippen molar-refractivity contribution < 1.29 is 4.74 Å². The number of hydrogen-bond donors (Lipinski definition) is 0. The molecule has 1 saturated heterocycles. The predicted molar refractivity (Wildman–Crippen MR) is 64.3 cm³/mol. The van der Waals surface area contributed by atoms with E-state index in [9.17, 15) is 0 Å². The minimum atomic E-state index is 0.409. The summed E-state index contributed by atoms with van der Waals surface area (Å²) in [6, 6.07) is 4.52. The van der Waals surface area contributed by atoms with Crippen LogP contribution in [-0.2, 0) is 4.74 Å². The zero-order valence-electron chi connectivity index (χ0n) is 9.03. The van der Waals surface area contributed by atoms with Crippen LogP contribution in [0.15, 0.2) is 16.6 Å². The van der Waals surface area contributed by atoms with Gasteiger partial charge < -0.3 is 9.64 Å². The van der Waals surface area contributed by atoms with Crippen LogP contribution in [0.3, 0.4) is 0 Å². The number of nitrogens with zero attached hydrogens (tertiary/aromatic N) is 2. The van der Waals surface area contributed by atoms with Gasteiger partial charge in [0.2, 0.25) is 0 Å². The monoisotopic (exact) mass is 270 g/mol. The van der Waals surface area contributed by atoms with Gasteiger partial charge in [0.25, 0.3) is 0 Å². The summed E-state index contributed by atoms with van der Waals surface area (Å²) in [5.74, 6) is 1.05. The molecule has 1 aromatic rings. The van der Waals surface area contributed by atoms with Crippen molar-refractivity contribution >= 4 is 21.7 Å². The summed E-state index contributed by atoms with van der Waals surface area (Å²) < 4.78 is 6.47. The zero-order valence-corrected chi connectivity index (χ0v) is 10.6. The summed E-state index contributed by atoms with van der Waals surface area (Å²) in [4.78, 5) is 6.86. The quantitative estimate of drug-likeness (QED) is 0.784. The minimum Gasteiger partial charge on any atom is -0.377 e. The van der Waals surface area contributed by atoms with E-state index in [0.29, 0.717) is 6.04 Å². The zero-order chi connectivity index (χ0) is 10.8. The van der Waals surface area contributed by atoms with Crippen LogP contribution in [0.2, 0.25) is 0 Å². The number of ether oxygens (including phenoxy) is 1. The maximum atomic E-state index is 5.41. The molecule has 2 heterocycles. The molecule has 1 atom stereocenters. The second-order valence-electron chi connectivity index (χ2n) is 3.85. The maximum absolute atomic E-state index is 5.41. The van der Waals surface area contributed by atoms with Gasteiger partial charge in [0.1, 0.15) is 5.82 Å². The van der Waals surface area contributed by atoms with Crippen LogP contribution in [0.4, 0.5) is 5.82 Å². The van der Waals surface area contributed by atoms with Crippen LogP contribution in [0.5, 0.6) is 0 Å². The lowest BCUT2D eigenvalue weighted by molar-refractivity contribution is 0.0985. The lowest BCUT2D eigenvalue weighted by atomic mass is 10.2. The third kappa shape index (κ3) is 2.32. The first-order valence-electron chi connectivity index (χ1n) is 5.16. The van der Waals surface area contributed by atoms with E-state index in [2.05, 4.69) is 44.9 Å². The van der Waals surface area contributed by atoms with Gasteiger partial charge in [-0.15, -0.1) is 0 Å². The van der Waals surface area contributed by atoms with Gasteiger partial charge in [-0.25, -0.2) is 4.98 Å². The van der Waals surface area contributed by atoms with Gasteiger partial charge in [0, 0.05) is 11.0 Å². The number of hydrogen-bond acceptors (Lipinski definition) is 3. The highest BCUT2D eigenvalue weighted by molar-refractivity contribution is 9.10. The minimum absolute atomic E-state index is 0.409. The van der Waals surface area contributed by atoms with Crippen LogP contribution in [0.1, 0.15) is 12.6 Å². The fraction of sp³-hybridized carbons (Fsp3) is 0.545. The second kappa shape index (κ2) is 4.49. The molecule has 82 valence electrons. The molecule has 1 aliphatic heterocycles. The van der Waals surface area contributed by atoms with Crippen molar-refractivity contribution in [3.8, 4) is 0 Å². The number of rotatable bonds is 1. The first-order valence-corrected chi connectivity index (χ1v) is 5.95. The lowest BCUT2D eigenvalue weighted by Crippen LogP contribution is -2.44. The van der Waals surface area contributed by atoms with Crippen molar-refractivity contribution in [2.24, 2.45) is 0 Å². The molecule has 0 bridgehead atoms. The molecule has 1 aromatic heterocycles. The third-order valence-corrected chi connectivity index (χ3v) is 3.51. The SMILES string of the molecule is Cc1nc(N2CCOCC2C)ccc1Br. The Morgan fingerprint density at radius 3 is 3.00 bits per heavy atom. The summed E-state index contributed by atoms with van der Waals surface area (Å²) in [5.41, 5.74) is 1.03. The average Bonchev–Trinajstić information content (AvgIpc) is 2.23. The van der Waals surface area contributed by atoms with Gasteiger partial charge in [-0.3, -0.25) is 0 Å². The number of anilines is 1. The number of halogens is 1. The molecule has 0 aromatic carbocycles. The number of pyridine rings is 1. The Kier molecular flexibility index (Phi) is 3.26. The molecule has 3 nitrogen and oxygen atoms in total. The molecule has 15 heavy (non-hydrogen) atoms. The van der Waals surface area contributed by atoms with Gasteiger partial charge in [-0.1, -0.05) is 0 Å². The van der Waals surface area contributed by atoms with Crippen molar-refractivity contribution in [1.29, 1.82) is 0 Å². The van der Waals surface area contributed by atoms with E-state index >= 15 is 0 Å². The largest absolute Gasteiger partial charge is 0.377 e. The molecule has 0 amide bonds. The van der Waals surface area contributed by atoms with Crippen LogP contribution in [0.25, 0.3) is 0 Å². The lowest BCUT2D eigenvalue weighted by Gasteiger charge is -2.34. The van der Waals surface area contributed by atoms with E-state index in [4.69, 9.17) is 4.74 Å².